The fourth-order valence-electron chi connectivity index (χ4n) is 4.50. The molecule has 0 saturated heterocycles. The van der Waals surface area contributed by atoms with E-state index in [1.807, 2.05) is 24.3 Å². The third-order valence-electron chi connectivity index (χ3n) is 6.63. The summed E-state index contributed by atoms with van der Waals surface area (Å²) in [5.74, 6) is 0.990. The molecule has 0 aliphatic heterocycles. The highest BCUT2D eigenvalue weighted by molar-refractivity contribution is 9.12. The average molecular weight is 642 g/mol. The zero-order valence-corrected chi connectivity index (χ0v) is 25.6. The second-order valence-corrected chi connectivity index (χ2v) is 12.4. The van der Waals surface area contributed by atoms with Gasteiger partial charge in [0.25, 0.3) is 0 Å². The quantitative estimate of drug-likeness (QED) is 0.289. The number of halogens is 2. The molecule has 0 N–H and O–H groups in total. The summed E-state index contributed by atoms with van der Waals surface area (Å²) in [4.78, 5) is 47.7. The molecule has 4 rings (SSSR count). The van der Waals surface area contributed by atoms with E-state index in [2.05, 4.69) is 59.6 Å². The number of benzene rings is 2. The lowest BCUT2D eigenvalue weighted by Gasteiger charge is -2.13. The Balaban J connectivity index is 0.000000211. The summed E-state index contributed by atoms with van der Waals surface area (Å²) >= 11 is 6.28. The zero-order valence-electron chi connectivity index (χ0n) is 22.4. The molecule has 0 atom stereocenters. The van der Waals surface area contributed by atoms with Crippen LogP contribution < -0.4 is 0 Å². The third-order valence-corrected chi connectivity index (χ3v) is 7.81. The topological polar surface area (TPSA) is 68.3 Å². The van der Waals surface area contributed by atoms with Gasteiger partial charge in [0.15, 0.2) is 11.6 Å². The van der Waals surface area contributed by atoms with Gasteiger partial charge in [0.05, 0.1) is 8.96 Å². The molecule has 6 heteroatoms. The second kappa shape index (κ2) is 13.6. The first-order valence-electron chi connectivity index (χ1n) is 13.2. The molecule has 0 radical (unpaired) electrons. The summed E-state index contributed by atoms with van der Waals surface area (Å²) in [6.45, 7) is 8.82. The fraction of sp³-hybridized carbons (Fsp3) is 0.375. The lowest BCUT2D eigenvalue weighted by Crippen LogP contribution is -2.14. The number of carbonyl (C=O) groups is 4. The molecule has 0 spiro atoms. The van der Waals surface area contributed by atoms with Crippen LogP contribution in [0.2, 0.25) is 0 Å². The Hall–Kier alpha value is -2.44. The highest BCUT2D eigenvalue weighted by Crippen LogP contribution is 2.27. The van der Waals surface area contributed by atoms with Crippen LogP contribution in [0.4, 0.5) is 0 Å². The van der Waals surface area contributed by atoms with Crippen molar-refractivity contribution in [2.75, 3.05) is 0 Å². The van der Waals surface area contributed by atoms with Crippen LogP contribution >= 0.6 is 31.9 Å². The number of Topliss-reactive ketones (excluding diaryl/α,β-unsaturated/α-hetero) is 2. The molecule has 0 bridgehead atoms. The van der Waals surface area contributed by atoms with Crippen LogP contribution in [-0.4, -0.2) is 23.1 Å². The van der Waals surface area contributed by atoms with Gasteiger partial charge in [-0.1, -0.05) is 58.7 Å². The van der Waals surface area contributed by atoms with Crippen molar-refractivity contribution < 1.29 is 19.2 Å². The molecule has 0 aromatic heterocycles. The molecular weight excluding hydrogens is 608 g/mol. The molecule has 38 heavy (non-hydrogen) atoms. The highest BCUT2D eigenvalue weighted by Gasteiger charge is 2.25. The molecule has 0 amide bonds. The Morgan fingerprint density at radius 2 is 1.00 bits per heavy atom. The smallest absolute Gasteiger partial charge is 0.200 e. The lowest BCUT2D eigenvalue weighted by atomic mass is 9.91. The molecule has 200 valence electrons. The van der Waals surface area contributed by atoms with Crippen molar-refractivity contribution in [1.82, 2.24) is 0 Å². The summed E-state index contributed by atoms with van der Waals surface area (Å²) in [7, 11) is 0. The van der Waals surface area contributed by atoms with Gasteiger partial charge in [-0.15, -0.1) is 0 Å². The third kappa shape index (κ3) is 7.79. The van der Waals surface area contributed by atoms with Crippen molar-refractivity contribution in [2.24, 2.45) is 11.8 Å². The summed E-state index contributed by atoms with van der Waals surface area (Å²) in [5.41, 5.74) is 4.35. The van der Waals surface area contributed by atoms with E-state index in [0.29, 0.717) is 43.1 Å². The van der Waals surface area contributed by atoms with E-state index in [4.69, 9.17) is 0 Å². The molecule has 0 heterocycles. The summed E-state index contributed by atoms with van der Waals surface area (Å²) in [6, 6.07) is 11.2. The maximum absolute atomic E-state index is 12.0. The Morgan fingerprint density at radius 1 is 0.579 bits per heavy atom. The lowest BCUT2D eigenvalue weighted by molar-refractivity contribution is 0.0991. The Morgan fingerprint density at radius 3 is 1.50 bits per heavy atom. The van der Waals surface area contributed by atoms with Gasteiger partial charge in [-0.05, 0) is 98.7 Å². The van der Waals surface area contributed by atoms with Crippen molar-refractivity contribution in [3.8, 4) is 0 Å². The molecule has 0 saturated carbocycles. The molecule has 2 aromatic rings. The van der Waals surface area contributed by atoms with E-state index in [-0.39, 0.29) is 23.1 Å². The van der Waals surface area contributed by atoms with E-state index >= 15 is 0 Å². The van der Waals surface area contributed by atoms with Crippen LogP contribution in [0.1, 0.15) is 106 Å². The number of aryl methyl sites for hydroxylation is 2. The van der Waals surface area contributed by atoms with Gasteiger partial charge in [0, 0.05) is 34.4 Å². The van der Waals surface area contributed by atoms with Crippen LogP contribution in [0.25, 0.3) is 0 Å². The van der Waals surface area contributed by atoms with Crippen molar-refractivity contribution in [3.05, 3.63) is 90.9 Å². The van der Waals surface area contributed by atoms with E-state index in [1.54, 1.807) is 12.1 Å². The number of ketones is 4. The van der Waals surface area contributed by atoms with E-state index in [9.17, 15) is 19.2 Å². The Kier molecular flexibility index (Phi) is 10.8. The maximum Gasteiger partial charge on any atom is 0.200 e. The summed E-state index contributed by atoms with van der Waals surface area (Å²) < 4.78 is 0.696. The van der Waals surface area contributed by atoms with Gasteiger partial charge < -0.3 is 0 Å². The van der Waals surface area contributed by atoms with Crippen molar-refractivity contribution in [1.29, 1.82) is 0 Å². The Bertz CT molecular complexity index is 1310. The molecule has 2 aromatic carbocycles. The monoisotopic (exact) mass is 640 g/mol. The van der Waals surface area contributed by atoms with E-state index < -0.39 is 0 Å². The van der Waals surface area contributed by atoms with Crippen LogP contribution in [0, 0.1) is 11.8 Å². The van der Waals surface area contributed by atoms with Gasteiger partial charge in [-0.25, -0.2) is 0 Å². The van der Waals surface area contributed by atoms with Gasteiger partial charge in [-0.2, -0.15) is 0 Å². The standard InChI is InChI=1S/2C16H17BrO2/c1-10(2)4-3-5-11-6-7-12-13(8-11)15(18)9-14(17)16(12)19;1-10(2)4-3-5-11-6-7-12-13(8-11)16(19)14(17)9-15(12)18/h2*6-10H,3-5H2,1-2H3. The molecule has 0 unspecified atom stereocenters. The summed E-state index contributed by atoms with van der Waals surface area (Å²) in [6.07, 6.45) is 9.19. The SMILES string of the molecule is CC(C)CCCc1ccc2c(c1)C(=O)C(Br)=CC2=O.CC(C)CCCc1ccc2c(c1)C(=O)C=C(Br)C2=O. The first kappa shape index (κ1) is 30.1. The minimum absolute atomic E-state index is 0.0906. The first-order valence-corrected chi connectivity index (χ1v) is 14.7. The summed E-state index contributed by atoms with van der Waals surface area (Å²) in [5, 5.41) is 0. The van der Waals surface area contributed by atoms with Crippen LogP contribution in [0.3, 0.4) is 0 Å². The predicted octanol–water partition coefficient (Wildman–Crippen LogP) is 8.65. The normalized spacial score (nSPS) is 14.6. The van der Waals surface area contributed by atoms with Crippen molar-refractivity contribution in [2.45, 2.75) is 66.2 Å². The highest BCUT2D eigenvalue weighted by atomic mass is 79.9. The number of carbonyl (C=O) groups excluding carboxylic acids is 4. The number of allylic oxidation sites excluding steroid dienone is 4. The minimum atomic E-state index is -0.108. The van der Waals surface area contributed by atoms with Crippen LogP contribution in [-0.2, 0) is 12.8 Å². The second-order valence-electron chi connectivity index (χ2n) is 10.7. The molecular formula is C32H34Br2O4. The average Bonchev–Trinajstić information content (AvgIpc) is 2.86. The van der Waals surface area contributed by atoms with Crippen LogP contribution in [0.5, 0.6) is 0 Å². The predicted molar refractivity (Wildman–Crippen MR) is 160 cm³/mol. The van der Waals surface area contributed by atoms with Crippen molar-refractivity contribution >= 4 is 55.0 Å². The van der Waals surface area contributed by atoms with Gasteiger partial charge in [-0.3, -0.25) is 19.2 Å². The number of rotatable bonds is 8. The number of hydrogen-bond acceptors (Lipinski definition) is 4. The number of hydrogen-bond donors (Lipinski definition) is 0. The number of fused-ring (bicyclic) bond motifs is 2. The fourth-order valence-corrected chi connectivity index (χ4v) is 5.34. The maximum atomic E-state index is 12.0. The molecule has 4 nitrogen and oxygen atoms in total. The first-order chi connectivity index (χ1) is 18.0. The molecule has 2 aliphatic carbocycles. The zero-order chi connectivity index (χ0) is 28.0. The van der Waals surface area contributed by atoms with E-state index in [1.165, 1.54) is 25.0 Å². The van der Waals surface area contributed by atoms with Gasteiger partial charge >= 0.3 is 0 Å². The van der Waals surface area contributed by atoms with Gasteiger partial charge in [0.2, 0.25) is 11.6 Å². The largest absolute Gasteiger partial charge is 0.289 e. The molecule has 2 aliphatic rings. The van der Waals surface area contributed by atoms with E-state index in [0.717, 1.165) is 36.8 Å². The van der Waals surface area contributed by atoms with Crippen LogP contribution in [0.15, 0.2) is 57.5 Å². The minimum Gasteiger partial charge on any atom is -0.289 e. The van der Waals surface area contributed by atoms with Gasteiger partial charge in [0.1, 0.15) is 0 Å². The molecule has 0 fully saturated rings. The van der Waals surface area contributed by atoms with Crippen molar-refractivity contribution in [3.63, 3.8) is 0 Å². The Labute approximate surface area is 242 Å².